The number of nitrogens with one attached hydrogen (secondary N) is 5. The van der Waals surface area contributed by atoms with Crippen LogP contribution in [0, 0.1) is 11.8 Å². The fourth-order valence-electron chi connectivity index (χ4n) is 5.76. The van der Waals surface area contributed by atoms with E-state index in [-0.39, 0.29) is 41.5 Å². The first-order chi connectivity index (χ1) is 16.3. The van der Waals surface area contributed by atoms with E-state index >= 15 is 0 Å². The van der Waals surface area contributed by atoms with Crippen LogP contribution in [0.2, 0.25) is 0 Å². The van der Waals surface area contributed by atoms with Gasteiger partial charge >= 0.3 is 0 Å². The SMILES string of the molecule is CC1CC(C(=O)NC(=NCC2CCC(F)CC2Cl)NC2CC(C3CCC(F)CC3)NN2)N(C)N1. The van der Waals surface area contributed by atoms with Crippen molar-refractivity contribution in [3.8, 4) is 0 Å². The summed E-state index contributed by atoms with van der Waals surface area (Å²) in [5, 5.41) is 7.92. The summed E-state index contributed by atoms with van der Waals surface area (Å²) in [6, 6.07) is 0.186. The van der Waals surface area contributed by atoms with E-state index in [1.54, 1.807) is 0 Å². The number of halogens is 3. The molecule has 4 fully saturated rings. The Labute approximate surface area is 206 Å². The molecule has 4 rings (SSSR count). The summed E-state index contributed by atoms with van der Waals surface area (Å²) in [4.78, 5) is 17.7. The highest BCUT2D eigenvalue weighted by molar-refractivity contribution is 6.20. The van der Waals surface area contributed by atoms with Crippen molar-refractivity contribution in [2.75, 3.05) is 13.6 Å². The molecular weight excluding hydrogens is 464 g/mol. The molecule has 2 aliphatic heterocycles. The fourth-order valence-corrected chi connectivity index (χ4v) is 6.16. The molecule has 0 bridgehead atoms. The van der Waals surface area contributed by atoms with E-state index in [1.807, 2.05) is 19.0 Å². The molecule has 194 valence electrons. The molecule has 2 saturated carbocycles. The average Bonchev–Trinajstić information content (AvgIpc) is 3.39. The van der Waals surface area contributed by atoms with Gasteiger partial charge in [0.15, 0.2) is 5.96 Å². The molecule has 7 atom stereocenters. The van der Waals surface area contributed by atoms with Crippen molar-refractivity contribution in [3.05, 3.63) is 0 Å². The predicted molar refractivity (Wildman–Crippen MR) is 130 cm³/mol. The number of likely N-dealkylation sites (N-methyl/N-ethyl adjacent to an activating group) is 1. The number of rotatable bonds is 5. The van der Waals surface area contributed by atoms with Gasteiger partial charge in [0.1, 0.15) is 18.4 Å². The molecule has 2 saturated heterocycles. The van der Waals surface area contributed by atoms with Crippen LogP contribution in [0.15, 0.2) is 4.99 Å². The Hall–Kier alpha value is -1.07. The number of guanidine groups is 1. The van der Waals surface area contributed by atoms with Gasteiger partial charge in [0.05, 0.1) is 6.17 Å². The second kappa shape index (κ2) is 11.8. The Bertz CT molecular complexity index is 723. The molecule has 4 aliphatic rings. The standard InChI is InChI=1S/C23H40ClF2N7O/c1-13-9-20(33(2)32-13)22(34)29-23(27-12-15-5-8-17(26)10-18(15)24)28-21-11-19(30-31-21)14-3-6-16(25)7-4-14/h13-21,30-32H,3-12H2,1-2H3,(H2,27,28,29,34). The van der Waals surface area contributed by atoms with Gasteiger partial charge in [-0.1, -0.05) is 0 Å². The molecule has 5 N–H and O–H groups in total. The molecule has 0 radical (unpaired) electrons. The first-order valence-corrected chi connectivity index (χ1v) is 13.3. The van der Waals surface area contributed by atoms with E-state index in [0.717, 1.165) is 19.3 Å². The average molecular weight is 504 g/mol. The maximum Gasteiger partial charge on any atom is 0.245 e. The third-order valence-corrected chi connectivity index (χ3v) is 8.39. The number of carbonyl (C=O) groups is 1. The van der Waals surface area contributed by atoms with Crippen molar-refractivity contribution in [1.82, 2.24) is 31.9 Å². The van der Waals surface area contributed by atoms with E-state index < -0.39 is 12.3 Å². The lowest BCUT2D eigenvalue weighted by Gasteiger charge is -2.29. The summed E-state index contributed by atoms with van der Waals surface area (Å²) in [6.07, 6.45) is 4.48. The number of carbonyl (C=O) groups excluding carboxylic acids is 1. The summed E-state index contributed by atoms with van der Waals surface area (Å²) in [5.41, 5.74) is 9.87. The number of alkyl halides is 3. The normalized spacial score (nSPS) is 42.0. The van der Waals surface area contributed by atoms with Crippen LogP contribution in [0.3, 0.4) is 0 Å². The van der Waals surface area contributed by atoms with Crippen LogP contribution in [0.4, 0.5) is 8.78 Å². The molecule has 8 nitrogen and oxygen atoms in total. The molecule has 0 aromatic carbocycles. The summed E-state index contributed by atoms with van der Waals surface area (Å²) in [5.74, 6) is 0.811. The van der Waals surface area contributed by atoms with Gasteiger partial charge in [0.2, 0.25) is 5.91 Å². The van der Waals surface area contributed by atoms with Crippen LogP contribution in [-0.2, 0) is 4.79 Å². The summed E-state index contributed by atoms with van der Waals surface area (Å²) < 4.78 is 27.2. The lowest BCUT2D eigenvalue weighted by molar-refractivity contribution is -0.124. The van der Waals surface area contributed by atoms with Crippen molar-refractivity contribution >= 4 is 23.5 Å². The van der Waals surface area contributed by atoms with E-state index in [4.69, 9.17) is 16.6 Å². The molecule has 0 spiro atoms. The molecule has 2 aliphatic carbocycles. The number of hydrogen-bond acceptors (Lipinski definition) is 6. The topological polar surface area (TPSA) is 92.8 Å². The van der Waals surface area contributed by atoms with Gasteiger partial charge in [-0.25, -0.2) is 19.2 Å². The van der Waals surface area contributed by atoms with Crippen LogP contribution in [0.5, 0.6) is 0 Å². The lowest BCUT2D eigenvalue weighted by atomic mass is 9.82. The highest BCUT2D eigenvalue weighted by Gasteiger charge is 2.36. The fraction of sp³-hybridized carbons (Fsp3) is 0.913. The Balaban J connectivity index is 1.37. The van der Waals surface area contributed by atoms with Gasteiger partial charge in [-0.05, 0) is 76.5 Å². The minimum Gasteiger partial charge on any atom is -0.339 e. The van der Waals surface area contributed by atoms with E-state index in [9.17, 15) is 13.6 Å². The second-order valence-corrected chi connectivity index (χ2v) is 11.2. The maximum absolute atomic E-state index is 13.7. The van der Waals surface area contributed by atoms with Gasteiger partial charge in [0, 0.05) is 31.1 Å². The van der Waals surface area contributed by atoms with Crippen molar-refractivity contribution < 1.29 is 13.6 Å². The Morgan fingerprint density at radius 1 is 1.06 bits per heavy atom. The van der Waals surface area contributed by atoms with Gasteiger partial charge in [0.25, 0.3) is 0 Å². The summed E-state index contributed by atoms with van der Waals surface area (Å²) in [6.45, 7) is 2.48. The molecule has 1 amide bonds. The Kier molecular flexibility index (Phi) is 9.01. The Morgan fingerprint density at radius 2 is 1.79 bits per heavy atom. The summed E-state index contributed by atoms with van der Waals surface area (Å²) >= 11 is 6.41. The van der Waals surface area contributed by atoms with Crippen LogP contribution in [0.25, 0.3) is 0 Å². The van der Waals surface area contributed by atoms with Gasteiger partial charge in [-0.15, -0.1) is 11.6 Å². The van der Waals surface area contributed by atoms with Crippen LogP contribution in [-0.4, -0.2) is 72.5 Å². The third-order valence-electron chi connectivity index (χ3n) is 7.85. The van der Waals surface area contributed by atoms with Gasteiger partial charge in [-0.2, -0.15) is 0 Å². The molecular formula is C23H40ClF2N7O. The highest BCUT2D eigenvalue weighted by Crippen LogP contribution is 2.32. The van der Waals surface area contributed by atoms with Crippen LogP contribution in [0.1, 0.15) is 64.7 Å². The number of hydrazine groups is 2. The third kappa shape index (κ3) is 6.78. The molecule has 11 heteroatoms. The summed E-state index contributed by atoms with van der Waals surface area (Å²) in [7, 11) is 1.87. The Morgan fingerprint density at radius 3 is 2.47 bits per heavy atom. The molecule has 34 heavy (non-hydrogen) atoms. The van der Waals surface area contributed by atoms with Crippen molar-refractivity contribution in [2.45, 2.75) is 107 Å². The second-order valence-electron chi connectivity index (χ2n) is 10.6. The number of amides is 1. The number of hydrogen-bond donors (Lipinski definition) is 5. The quantitative estimate of drug-likeness (QED) is 0.224. The van der Waals surface area contributed by atoms with Crippen LogP contribution >= 0.6 is 11.6 Å². The lowest BCUT2D eigenvalue weighted by Crippen LogP contribution is -2.54. The minimum atomic E-state index is -0.842. The molecule has 0 aromatic heterocycles. The molecule has 2 heterocycles. The number of aliphatic imine (C=N–C) groups is 1. The zero-order valence-corrected chi connectivity index (χ0v) is 21.0. The molecule has 0 aromatic rings. The van der Waals surface area contributed by atoms with E-state index in [1.165, 1.54) is 0 Å². The maximum atomic E-state index is 13.7. The highest BCUT2D eigenvalue weighted by atomic mass is 35.5. The zero-order chi connectivity index (χ0) is 24.2. The smallest absolute Gasteiger partial charge is 0.245 e. The zero-order valence-electron chi connectivity index (χ0n) is 20.2. The van der Waals surface area contributed by atoms with Crippen molar-refractivity contribution in [1.29, 1.82) is 0 Å². The predicted octanol–water partition coefficient (Wildman–Crippen LogP) is 2.11. The van der Waals surface area contributed by atoms with Gasteiger partial charge in [-0.3, -0.25) is 26.0 Å². The van der Waals surface area contributed by atoms with E-state index in [2.05, 4.69) is 26.9 Å². The first-order valence-electron chi connectivity index (χ1n) is 12.8. The largest absolute Gasteiger partial charge is 0.339 e. The van der Waals surface area contributed by atoms with Crippen molar-refractivity contribution in [3.63, 3.8) is 0 Å². The minimum absolute atomic E-state index is 0.0801. The number of nitrogens with zero attached hydrogens (tertiary/aromatic N) is 2. The first kappa shape index (κ1) is 26.0. The van der Waals surface area contributed by atoms with Crippen molar-refractivity contribution in [2.24, 2.45) is 16.8 Å². The molecule has 7 unspecified atom stereocenters. The van der Waals surface area contributed by atoms with E-state index in [0.29, 0.717) is 56.9 Å². The van der Waals surface area contributed by atoms with Gasteiger partial charge < -0.3 is 5.32 Å². The monoisotopic (exact) mass is 503 g/mol. The van der Waals surface area contributed by atoms with Crippen LogP contribution < -0.4 is 26.9 Å².